The van der Waals surface area contributed by atoms with Crippen LogP contribution in [0.25, 0.3) is 5.70 Å². The smallest absolute Gasteiger partial charge is 0.226 e. The number of ether oxygens (including phenoxy) is 3. The highest BCUT2D eigenvalue weighted by Crippen LogP contribution is 2.51. The minimum atomic E-state index is -0.396. The molecule has 0 fully saturated rings. The highest BCUT2D eigenvalue weighted by Gasteiger charge is 2.41. The molecule has 1 aromatic heterocycles. The molecule has 0 spiro atoms. The molecule has 164 valence electrons. The van der Waals surface area contributed by atoms with E-state index in [0.29, 0.717) is 5.95 Å². The number of nitrogens with zero attached hydrogens (tertiary/aromatic N) is 3. The summed E-state index contributed by atoms with van der Waals surface area (Å²) in [6.07, 6.45) is 1.17. The lowest BCUT2D eigenvalue weighted by Crippen LogP contribution is -2.32. The molecule has 0 saturated heterocycles. The molecule has 3 aromatic carbocycles. The first-order valence-electron chi connectivity index (χ1n) is 10.7. The zero-order valence-electron chi connectivity index (χ0n) is 18.2. The molecule has 2 atom stereocenters. The number of benzene rings is 3. The van der Waals surface area contributed by atoms with Crippen LogP contribution < -0.4 is 19.5 Å². The Morgan fingerprint density at radius 2 is 1.79 bits per heavy atom. The fraction of sp³-hybridized carbons (Fsp3) is 0.154. The number of hydrogen-bond acceptors (Lipinski definition) is 6. The van der Waals surface area contributed by atoms with Gasteiger partial charge in [-0.3, -0.25) is 0 Å². The summed E-state index contributed by atoms with van der Waals surface area (Å²) in [4.78, 5) is 4.48. The standard InChI is InChI=1S/C26H22N4O3/c1-31-17-9-7-8-16(14-17)24-22-23(29-26-27-15-28-30(24)26)18-10-3-6-13-21(18)33-25(22)19-11-4-5-12-20(19)32-2/h3-15,24-25H,1-2H3,(H,27,28,29)/t24-,25-/m0/s1. The van der Waals surface area contributed by atoms with E-state index in [4.69, 9.17) is 14.2 Å². The van der Waals surface area contributed by atoms with Gasteiger partial charge < -0.3 is 19.5 Å². The summed E-state index contributed by atoms with van der Waals surface area (Å²) in [5, 5.41) is 8.09. The lowest BCUT2D eigenvalue weighted by molar-refractivity contribution is 0.217. The molecule has 0 radical (unpaired) electrons. The zero-order chi connectivity index (χ0) is 22.4. The van der Waals surface area contributed by atoms with Gasteiger partial charge in [0.2, 0.25) is 5.95 Å². The number of methoxy groups -OCH3 is 2. The maximum Gasteiger partial charge on any atom is 0.226 e. The van der Waals surface area contributed by atoms with Crippen LogP contribution in [0.15, 0.2) is 84.7 Å². The molecule has 0 bridgehead atoms. The quantitative estimate of drug-likeness (QED) is 0.491. The second kappa shape index (κ2) is 7.70. The van der Waals surface area contributed by atoms with Crippen LogP contribution in [0.1, 0.15) is 28.8 Å². The Morgan fingerprint density at radius 1 is 0.939 bits per heavy atom. The third-order valence-corrected chi connectivity index (χ3v) is 6.15. The van der Waals surface area contributed by atoms with Gasteiger partial charge in [0.15, 0.2) is 6.10 Å². The lowest BCUT2D eigenvalue weighted by Gasteiger charge is -2.39. The summed E-state index contributed by atoms with van der Waals surface area (Å²) in [5.74, 6) is 3.03. The first-order chi connectivity index (χ1) is 16.3. The van der Waals surface area contributed by atoms with Crippen molar-refractivity contribution in [3.05, 3.63) is 101 Å². The van der Waals surface area contributed by atoms with Crippen LogP contribution >= 0.6 is 0 Å². The minimum absolute atomic E-state index is 0.253. The van der Waals surface area contributed by atoms with Crippen molar-refractivity contribution in [3.8, 4) is 17.2 Å². The van der Waals surface area contributed by atoms with Crippen LogP contribution in [0.3, 0.4) is 0 Å². The molecule has 0 amide bonds. The molecule has 7 heteroatoms. The minimum Gasteiger partial charge on any atom is -0.497 e. The number of fused-ring (bicyclic) bond motifs is 3. The fourth-order valence-corrected chi connectivity index (χ4v) is 4.69. The van der Waals surface area contributed by atoms with Crippen molar-refractivity contribution in [1.82, 2.24) is 14.8 Å². The molecule has 0 aliphatic carbocycles. The monoisotopic (exact) mass is 438 g/mol. The third kappa shape index (κ3) is 3.04. The maximum absolute atomic E-state index is 6.66. The van der Waals surface area contributed by atoms with E-state index in [0.717, 1.165) is 45.2 Å². The zero-order valence-corrected chi connectivity index (χ0v) is 18.2. The van der Waals surface area contributed by atoms with E-state index in [1.54, 1.807) is 20.5 Å². The van der Waals surface area contributed by atoms with Gasteiger partial charge in [-0.15, -0.1) is 0 Å². The van der Waals surface area contributed by atoms with Gasteiger partial charge in [0.1, 0.15) is 29.6 Å². The molecule has 4 aromatic rings. The molecule has 6 rings (SSSR count). The normalized spacial score (nSPS) is 18.4. The van der Waals surface area contributed by atoms with Crippen molar-refractivity contribution in [1.29, 1.82) is 0 Å². The molecular formula is C26H22N4O3. The SMILES string of the molecule is COc1cccc([C@H]2C3=C(Nc4ncnn42)c2ccccc2O[C@H]3c2ccccc2OC)c1. The van der Waals surface area contributed by atoms with Gasteiger partial charge >= 0.3 is 0 Å². The van der Waals surface area contributed by atoms with E-state index in [-0.39, 0.29) is 6.04 Å². The molecule has 2 aliphatic heterocycles. The maximum atomic E-state index is 6.66. The molecule has 7 nitrogen and oxygen atoms in total. The highest BCUT2D eigenvalue weighted by atomic mass is 16.5. The summed E-state index contributed by atoms with van der Waals surface area (Å²) in [5.41, 5.74) is 4.96. The third-order valence-electron chi connectivity index (χ3n) is 6.15. The van der Waals surface area contributed by atoms with Gasteiger partial charge in [0.05, 0.1) is 19.9 Å². The Balaban J connectivity index is 1.64. The van der Waals surface area contributed by atoms with Gasteiger partial charge in [0, 0.05) is 16.7 Å². The van der Waals surface area contributed by atoms with Crippen molar-refractivity contribution in [2.75, 3.05) is 19.5 Å². The van der Waals surface area contributed by atoms with E-state index in [9.17, 15) is 0 Å². The van der Waals surface area contributed by atoms with Crippen LogP contribution in [0.5, 0.6) is 17.2 Å². The first-order valence-corrected chi connectivity index (χ1v) is 10.7. The molecule has 2 aliphatic rings. The summed E-state index contributed by atoms with van der Waals surface area (Å²) in [6.45, 7) is 0. The fourth-order valence-electron chi connectivity index (χ4n) is 4.69. The van der Waals surface area contributed by atoms with Crippen molar-refractivity contribution in [2.45, 2.75) is 12.1 Å². The average molecular weight is 438 g/mol. The number of para-hydroxylation sites is 2. The largest absolute Gasteiger partial charge is 0.497 e. The van der Waals surface area contributed by atoms with E-state index in [1.165, 1.54) is 0 Å². The Morgan fingerprint density at radius 3 is 2.67 bits per heavy atom. The van der Waals surface area contributed by atoms with E-state index in [1.807, 2.05) is 65.3 Å². The Bertz CT molecular complexity index is 1380. The lowest BCUT2D eigenvalue weighted by atomic mass is 9.84. The summed E-state index contributed by atoms with van der Waals surface area (Å²) >= 11 is 0. The number of nitrogens with one attached hydrogen (secondary N) is 1. The summed E-state index contributed by atoms with van der Waals surface area (Å²) in [7, 11) is 3.35. The Kier molecular flexibility index (Phi) is 4.54. The Hall–Kier alpha value is -4.26. The molecule has 3 heterocycles. The van der Waals surface area contributed by atoms with Gasteiger partial charge in [0.25, 0.3) is 0 Å². The Labute approximate surface area is 191 Å². The first kappa shape index (κ1) is 19.4. The van der Waals surface area contributed by atoms with Crippen LogP contribution in [0.2, 0.25) is 0 Å². The van der Waals surface area contributed by atoms with Crippen LogP contribution in [-0.4, -0.2) is 29.0 Å². The van der Waals surface area contributed by atoms with Gasteiger partial charge in [-0.2, -0.15) is 10.1 Å². The number of rotatable bonds is 4. The van der Waals surface area contributed by atoms with E-state index < -0.39 is 6.10 Å². The number of aromatic nitrogens is 3. The second-order valence-corrected chi connectivity index (χ2v) is 7.90. The van der Waals surface area contributed by atoms with Crippen LogP contribution in [0.4, 0.5) is 5.95 Å². The van der Waals surface area contributed by atoms with Crippen LogP contribution in [-0.2, 0) is 0 Å². The van der Waals surface area contributed by atoms with Crippen molar-refractivity contribution < 1.29 is 14.2 Å². The molecular weight excluding hydrogens is 416 g/mol. The van der Waals surface area contributed by atoms with Crippen molar-refractivity contribution in [2.24, 2.45) is 0 Å². The van der Waals surface area contributed by atoms with E-state index in [2.05, 4.69) is 27.5 Å². The average Bonchev–Trinajstić information content (AvgIpc) is 3.35. The van der Waals surface area contributed by atoms with Gasteiger partial charge in [-0.05, 0) is 35.9 Å². The predicted octanol–water partition coefficient (Wildman–Crippen LogP) is 4.86. The molecule has 0 saturated carbocycles. The molecule has 1 N–H and O–H groups in total. The number of hydrogen-bond donors (Lipinski definition) is 1. The predicted molar refractivity (Wildman–Crippen MR) is 125 cm³/mol. The summed E-state index contributed by atoms with van der Waals surface area (Å²) in [6, 6.07) is 23.8. The van der Waals surface area contributed by atoms with E-state index >= 15 is 0 Å². The topological polar surface area (TPSA) is 70.4 Å². The summed E-state index contributed by atoms with van der Waals surface area (Å²) < 4.78 is 19.8. The van der Waals surface area contributed by atoms with Crippen LogP contribution in [0, 0.1) is 0 Å². The number of anilines is 1. The highest BCUT2D eigenvalue weighted by molar-refractivity contribution is 5.85. The molecule has 0 unspecified atom stereocenters. The van der Waals surface area contributed by atoms with Crippen molar-refractivity contribution in [3.63, 3.8) is 0 Å². The molecule has 33 heavy (non-hydrogen) atoms. The van der Waals surface area contributed by atoms with Gasteiger partial charge in [-0.25, -0.2) is 4.68 Å². The van der Waals surface area contributed by atoms with Gasteiger partial charge in [-0.1, -0.05) is 42.5 Å². The van der Waals surface area contributed by atoms with Crippen molar-refractivity contribution >= 4 is 11.6 Å². The second-order valence-electron chi connectivity index (χ2n) is 7.90.